The standard InChI is InChI=1S/C27H23N7O8S2/c1-2-40-19(35)12-41-32-20(16-5-7-28-31-16)23(36)30-21-25(37)34-22(27(38)39)14(13-44-26(21)34)10-33-8-6-15-17(11-33)42-24(29-15)18-4-3-9-43-18/h3-9,11,21,26H,2,10,12-13H2,1H3,(H2-,28,30,31,32,36,38,39)/t21?,26-/m0/s1. The number of nitrogens with one attached hydrogen (secondary N) is 2. The molecule has 226 valence electrons. The molecule has 2 atom stereocenters. The van der Waals surface area contributed by atoms with E-state index in [-0.39, 0.29) is 36.0 Å². The third-order valence-electron chi connectivity index (χ3n) is 6.64. The molecule has 2 N–H and O–H groups in total. The van der Waals surface area contributed by atoms with Gasteiger partial charge in [0.25, 0.3) is 11.8 Å². The zero-order valence-electron chi connectivity index (χ0n) is 22.9. The van der Waals surface area contributed by atoms with Crippen molar-refractivity contribution in [3.8, 4) is 10.8 Å². The van der Waals surface area contributed by atoms with Crippen LogP contribution >= 0.6 is 23.1 Å². The second kappa shape index (κ2) is 12.3. The molecule has 0 aromatic carbocycles. The average molecular weight is 638 g/mol. The lowest BCUT2D eigenvalue weighted by atomic mass is 10.0. The van der Waals surface area contributed by atoms with E-state index in [9.17, 15) is 24.3 Å². The van der Waals surface area contributed by atoms with E-state index in [1.54, 1.807) is 30.0 Å². The second-order valence-corrected chi connectivity index (χ2v) is 11.5. The van der Waals surface area contributed by atoms with Gasteiger partial charge in [-0.15, -0.1) is 23.1 Å². The van der Waals surface area contributed by atoms with Gasteiger partial charge in [0, 0.05) is 23.6 Å². The van der Waals surface area contributed by atoms with Crippen LogP contribution in [0.25, 0.3) is 21.9 Å². The number of carbonyl (C=O) groups is 4. The van der Waals surface area contributed by atoms with E-state index in [1.165, 1.54) is 35.4 Å². The van der Waals surface area contributed by atoms with Gasteiger partial charge >= 0.3 is 5.97 Å². The molecule has 4 aromatic rings. The Labute approximate surface area is 256 Å². The summed E-state index contributed by atoms with van der Waals surface area (Å²) >= 11 is 2.80. The number of esters is 1. The van der Waals surface area contributed by atoms with Crippen LogP contribution in [0.4, 0.5) is 0 Å². The zero-order chi connectivity index (χ0) is 30.8. The number of fused-ring (bicyclic) bond motifs is 2. The number of aromatic amines is 1. The number of carboxylic acids is 1. The lowest BCUT2D eigenvalue weighted by Crippen LogP contribution is -2.71. The van der Waals surface area contributed by atoms with E-state index >= 15 is 0 Å². The number of thiophene rings is 1. The molecule has 0 bridgehead atoms. The van der Waals surface area contributed by atoms with Crippen LogP contribution in [0.1, 0.15) is 12.6 Å². The van der Waals surface area contributed by atoms with Gasteiger partial charge in [-0.05, 0) is 24.4 Å². The number of carbonyl (C=O) groups excluding carboxylic acids is 4. The number of ether oxygens (including phenoxy) is 1. The van der Waals surface area contributed by atoms with Crippen LogP contribution in [0.15, 0.2) is 69.1 Å². The Morgan fingerprint density at radius 3 is 2.91 bits per heavy atom. The fourth-order valence-corrected chi connectivity index (χ4v) is 6.68. The highest BCUT2D eigenvalue weighted by molar-refractivity contribution is 8.00. The minimum Gasteiger partial charge on any atom is -0.543 e. The summed E-state index contributed by atoms with van der Waals surface area (Å²) in [5.74, 6) is -2.85. The van der Waals surface area contributed by atoms with Crippen LogP contribution in [0.5, 0.6) is 0 Å². The molecule has 1 fully saturated rings. The molecule has 2 aliphatic rings. The Morgan fingerprint density at radius 2 is 2.18 bits per heavy atom. The first kappa shape index (κ1) is 29.1. The van der Waals surface area contributed by atoms with Gasteiger partial charge in [-0.1, -0.05) is 11.2 Å². The molecular weight excluding hydrogens is 614 g/mol. The Bertz CT molecular complexity index is 1800. The number of β-lactam (4-membered cyclic amide) rings is 1. The van der Waals surface area contributed by atoms with Crippen LogP contribution in [0.2, 0.25) is 0 Å². The van der Waals surface area contributed by atoms with Crippen LogP contribution in [-0.2, 0) is 35.3 Å². The molecule has 1 unspecified atom stereocenters. The van der Waals surface area contributed by atoms with Crippen molar-refractivity contribution in [2.24, 2.45) is 5.16 Å². The summed E-state index contributed by atoms with van der Waals surface area (Å²) in [6.07, 6.45) is 4.86. The minimum absolute atomic E-state index is 0.148. The number of hydrogen-bond donors (Lipinski definition) is 2. The quantitative estimate of drug-likeness (QED) is 0.0736. The number of pyridine rings is 1. The van der Waals surface area contributed by atoms with Crippen molar-refractivity contribution >= 4 is 63.7 Å². The molecule has 2 aliphatic heterocycles. The minimum atomic E-state index is -1.50. The molecule has 0 saturated carbocycles. The van der Waals surface area contributed by atoms with Crippen LogP contribution in [0, 0.1) is 0 Å². The van der Waals surface area contributed by atoms with Gasteiger partial charge in [0.1, 0.15) is 16.9 Å². The van der Waals surface area contributed by atoms with Gasteiger partial charge in [0.15, 0.2) is 18.5 Å². The Hall–Kier alpha value is -5.03. The summed E-state index contributed by atoms with van der Waals surface area (Å²) in [4.78, 5) is 61.7. The number of aromatic nitrogens is 4. The molecule has 15 nitrogen and oxygen atoms in total. The molecule has 6 heterocycles. The maximum absolute atomic E-state index is 13.2. The highest BCUT2D eigenvalue weighted by Gasteiger charge is 2.53. The number of amides is 2. The van der Waals surface area contributed by atoms with E-state index < -0.39 is 41.8 Å². The molecule has 0 spiro atoms. The first-order valence-electron chi connectivity index (χ1n) is 13.2. The van der Waals surface area contributed by atoms with Gasteiger partial charge in [0.05, 0.1) is 28.8 Å². The highest BCUT2D eigenvalue weighted by atomic mass is 32.2. The van der Waals surface area contributed by atoms with Crippen LogP contribution in [-0.4, -0.2) is 79.9 Å². The number of nitrogens with zero attached hydrogens (tertiary/aromatic N) is 5. The van der Waals surface area contributed by atoms with Crippen LogP contribution < -0.4 is 15.0 Å². The number of oxime groups is 1. The SMILES string of the molecule is CCOC(=O)CON=C(C(=O)NC1C(=O)N2C(C(=O)[O-])=C(C[n+]3ccc4nc(-c5cccs5)oc4c3)CS[C@@H]12)c1ccn[nH]1. The third-order valence-corrected chi connectivity index (χ3v) is 8.83. The summed E-state index contributed by atoms with van der Waals surface area (Å²) in [7, 11) is 0. The summed E-state index contributed by atoms with van der Waals surface area (Å²) < 4.78 is 12.4. The number of rotatable bonds is 11. The number of aliphatic carboxylic acids is 1. The molecule has 0 radical (unpaired) electrons. The maximum atomic E-state index is 13.2. The van der Waals surface area contributed by atoms with Gasteiger partial charge in [-0.3, -0.25) is 19.6 Å². The largest absolute Gasteiger partial charge is 0.543 e. The Morgan fingerprint density at radius 1 is 1.32 bits per heavy atom. The van der Waals surface area contributed by atoms with E-state index in [0.717, 1.165) is 9.78 Å². The second-order valence-electron chi connectivity index (χ2n) is 9.45. The molecule has 4 aromatic heterocycles. The smallest absolute Gasteiger partial charge is 0.347 e. The number of carboxylic acid groups (broad SMARTS) is 1. The predicted molar refractivity (Wildman–Crippen MR) is 152 cm³/mol. The monoisotopic (exact) mass is 637 g/mol. The van der Waals surface area contributed by atoms with Crippen molar-refractivity contribution in [3.05, 3.63) is 65.2 Å². The predicted octanol–water partition coefficient (Wildman–Crippen LogP) is -0.0452. The van der Waals surface area contributed by atoms with Crippen molar-refractivity contribution in [2.45, 2.75) is 24.9 Å². The molecule has 44 heavy (non-hydrogen) atoms. The zero-order valence-corrected chi connectivity index (χ0v) is 24.6. The van der Waals surface area contributed by atoms with Crippen LogP contribution in [0.3, 0.4) is 0 Å². The van der Waals surface area contributed by atoms with E-state index in [4.69, 9.17) is 14.0 Å². The molecule has 0 aliphatic carbocycles. The first-order valence-corrected chi connectivity index (χ1v) is 15.1. The number of hydrogen-bond acceptors (Lipinski definition) is 13. The highest BCUT2D eigenvalue weighted by Crippen LogP contribution is 2.40. The maximum Gasteiger partial charge on any atom is 0.347 e. The average Bonchev–Trinajstić information content (AvgIpc) is 3.80. The molecule has 17 heteroatoms. The summed E-state index contributed by atoms with van der Waals surface area (Å²) in [6.45, 7) is 1.40. The van der Waals surface area contributed by atoms with Crippen molar-refractivity contribution in [1.29, 1.82) is 0 Å². The molecular formula is C27H23N7O8S2. The van der Waals surface area contributed by atoms with Gasteiger partial charge in [-0.25, -0.2) is 9.78 Å². The Kier molecular flexibility index (Phi) is 8.12. The number of H-pyrrole nitrogens is 1. The molecule has 1 saturated heterocycles. The van der Waals surface area contributed by atoms with Crippen molar-refractivity contribution in [2.75, 3.05) is 19.0 Å². The van der Waals surface area contributed by atoms with E-state index in [0.29, 0.717) is 22.6 Å². The topological polar surface area (TPSA) is 196 Å². The number of thioether (sulfide) groups is 1. The fourth-order valence-electron chi connectivity index (χ4n) is 4.70. The van der Waals surface area contributed by atoms with Gasteiger partial charge < -0.3 is 29.2 Å². The van der Waals surface area contributed by atoms with Crippen molar-refractivity contribution < 1.29 is 42.8 Å². The fraction of sp³-hybridized carbons (Fsp3) is 0.259. The van der Waals surface area contributed by atoms with Gasteiger partial charge in [-0.2, -0.15) is 9.67 Å². The lowest BCUT2D eigenvalue weighted by Gasteiger charge is -2.50. The van der Waals surface area contributed by atoms with E-state index in [1.807, 2.05) is 17.5 Å². The van der Waals surface area contributed by atoms with Crippen molar-refractivity contribution in [3.63, 3.8) is 0 Å². The summed E-state index contributed by atoms with van der Waals surface area (Å²) in [5, 5.41) is 26.2. The van der Waals surface area contributed by atoms with Gasteiger partial charge in [0.2, 0.25) is 24.3 Å². The Balaban J connectivity index is 1.18. The third kappa shape index (κ3) is 5.66. The molecule has 6 rings (SSSR count). The summed E-state index contributed by atoms with van der Waals surface area (Å²) in [6, 6.07) is 5.98. The summed E-state index contributed by atoms with van der Waals surface area (Å²) in [5.41, 5.74) is 1.30. The number of oxazole rings is 1. The molecule has 2 amide bonds. The van der Waals surface area contributed by atoms with E-state index in [2.05, 4.69) is 25.7 Å². The normalized spacial score (nSPS) is 18.2. The first-order chi connectivity index (χ1) is 21.3. The lowest BCUT2D eigenvalue weighted by molar-refractivity contribution is -0.688. The van der Waals surface area contributed by atoms with Crippen molar-refractivity contribution in [1.82, 2.24) is 25.4 Å².